The highest BCUT2D eigenvalue weighted by molar-refractivity contribution is 6.30. The maximum Gasteiger partial charge on any atom is 0.260 e. The summed E-state index contributed by atoms with van der Waals surface area (Å²) in [5, 5.41) is 3.64. The second-order valence-electron chi connectivity index (χ2n) is 6.11. The lowest BCUT2D eigenvalue weighted by Crippen LogP contribution is -2.40. The summed E-state index contributed by atoms with van der Waals surface area (Å²) in [6.07, 6.45) is -0.522. The van der Waals surface area contributed by atoms with Crippen molar-refractivity contribution in [1.82, 2.24) is 5.32 Å². The molecular formula is C17H26ClNO2. The molecule has 1 N–H and O–H groups in total. The van der Waals surface area contributed by atoms with Crippen molar-refractivity contribution in [2.45, 2.75) is 40.7 Å². The van der Waals surface area contributed by atoms with E-state index in [9.17, 15) is 4.79 Å². The van der Waals surface area contributed by atoms with E-state index in [2.05, 4.69) is 33.0 Å². The molecule has 1 unspecified atom stereocenters. The molecule has 1 aromatic carbocycles. The molecule has 1 atom stereocenters. The van der Waals surface area contributed by atoms with Gasteiger partial charge in [0, 0.05) is 11.6 Å². The largest absolute Gasteiger partial charge is 0.481 e. The van der Waals surface area contributed by atoms with Crippen molar-refractivity contribution in [2.75, 3.05) is 6.54 Å². The van der Waals surface area contributed by atoms with Crippen LogP contribution in [0.2, 0.25) is 5.02 Å². The van der Waals surface area contributed by atoms with Crippen molar-refractivity contribution >= 4 is 17.5 Å². The normalized spacial score (nSPS) is 12.8. The highest BCUT2D eigenvalue weighted by Gasteiger charge is 2.20. The van der Waals surface area contributed by atoms with E-state index in [1.807, 2.05) is 0 Å². The number of hydrogen-bond donors (Lipinski definition) is 1. The zero-order chi connectivity index (χ0) is 16.0. The fourth-order valence-corrected chi connectivity index (χ4v) is 2.50. The van der Waals surface area contributed by atoms with Crippen molar-refractivity contribution in [2.24, 2.45) is 17.8 Å². The Labute approximate surface area is 133 Å². The van der Waals surface area contributed by atoms with Crippen molar-refractivity contribution in [3.63, 3.8) is 0 Å². The molecule has 0 saturated heterocycles. The van der Waals surface area contributed by atoms with Crippen LogP contribution in [0, 0.1) is 17.8 Å². The van der Waals surface area contributed by atoms with E-state index in [4.69, 9.17) is 16.3 Å². The molecule has 0 aliphatic rings. The van der Waals surface area contributed by atoms with Crippen molar-refractivity contribution in [1.29, 1.82) is 0 Å². The Balaban J connectivity index is 2.49. The van der Waals surface area contributed by atoms with E-state index in [-0.39, 0.29) is 5.91 Å². The molecule has 0 aliphatic carbocycles. The molecule has 0 aliphatic heterocycles. The highest BCUT2D eigenvalue weighted by Crippen LogP contribution is 2.20. The minimum Gasteiger partial charge on any atom is -0.481 e. The van der Waals surface area contributed by atoms with Gasteiger partial charge in [0.15, 0.2) is 6.10 Å². The molecule has 0 fully saturated rings. The van der Waals surface area contributed by atoms with Gasteiger partial charge < -0.3 is 10.1 Å². The van der Waals surface area contributed by atoms with Gasteiger partial charge in [0.1, 0.15) is 5.75 Å². The lowest BCUT2D eigenvalue weighted by Gasteiger charge is -2.25. The molecule has 1 amide bonds. The van der Waals surface area contributed by atoms with Crippen LogP contribution >= 0.6 is 11.6 Å². The molecule has 0 bridgehead atoms. The Morgan fingerprint density at radius 2 is 1.62 bits per heavy atom. The van der Waals surface area contributed by atoms with E-state index in [0.29, 0.717) is 35.1 Å². The van der Waals surface area contributed by atoms with Gasteiger partial charge in [-0.25, -0.2) is 0 Å². The topological polar surface area (TPSA) is 38.3 Å². The quantitative estimate of drug-likeness (QED) is 0.821. The van der Waals surface area contributed by atoms with Gasteiger partial charge in [-0.3, -0.25) is 4.79 Å². The van der Waals surface area contributed by atoms with Crippen molar-refractivity contribution in [3.8, 4) is 5.75 Å². The van der Waals surface area contributed by atoms with Gasteiger partial charge in [0.25, 0.3) is 5.91 Å². The summed E-state index contributed by atoms with van der Waals surface area (Å²) in [5.41, 5.74) is 0. The lowest BCUT2D eigenvalue weighted by molar-refractivity contribution is -0.127. The van der Waals surface area contributed by atoms with Gasteiger partial charge in [-0.2, -0.15) is 0 Å². The average Bonchev–Trinajstić information content (AvgIpc) is 2.40. The number of benzene rings is 1. The van der Waals surface area contributed by atoms with E-state index < -0.39 is 6.10 Å². The van der Waals surface area contributed by atoms with Crippen LogP contribution in [-0.4, -0.2) is 18.6 Å². The molecule has 0 spiro atoms. The van der Waals surface area contributed by atoms with E-state index >= 15 is 0 Å². The minimum atomic E-state index is -0.522. The van der Waals surface area contributed by atoms with E-state index in [1.54, 1.807) is 31.2 Å². The summed E-state index contributed by atoms with van der Waals surface area (Å²) in [5.74, 6) is 2.11. The number of carbonyl (C=O) groups is 1. The SMILES string of the molecule is CC(Oc1ccc(Cl)cc1)C(=O)NCC(C(C)C)C(C)C. The zero-order valence-corrected chi connectivity index (χ0v) is 14.3. The Morgan fingerprint density at radius 1 is 1.10 bits per heavy atom. The number of amides is 1. The van der Waals surface area contributed by atoms with Crippen molar-refractivity contribution in [3.05, 3.63) is 29.3 Å². The predicted octanol–water partition coefficient (Wildman–Crippen LogP) is 4.15. The lowest BCUT2D eigenvalue weighted by atomic mass is 9.85. The second-order valence-corrected chi connectivity index (χ2v) is 6.55. The van der Waals surface area contributed by atoms with Crippen LogP contribution < -0.4 is 10.1 Å². The first-order chi connectivity index (χ1) is 9.81. The fraction of sp³-hybridized carbons (Fsp3) is 0.588. The number of rotatable bonds is 7. The molecule has 0 saturated carbocycles. The van der Waals surface area contributed by atoms with E-state index in [1.165, 1.54) is 0 Å². The van der Waals surface area contributed by atoms with Crippen LogP contribution in [0.25, 0.3) is 0 Å². The number of carbonyl (C=O) groups excluding carboxylic acids is 1. The summed E-state index contributed by atoms with van der Waals surface area (Å²) in [7, 11) is 0. The maximum absolute atomic E-state index is 12.1. The Kier molecular flexibility index (Phi) is 7.03. The van der Waals surface area contributed by atoms with Crippen LogP contribution in [0.15, 0.2) is 24.3 Å². The second kappa shape index (κ2) is 8.28. The minimum absolute atomic E-state index is 0.0868. The van der Waals surface area contributed by atoms with Gasteiger partial charge in [0.2, 0.25) is 0 Å². The summed E-state index contributed by atoms with van der Waals surface area (Å²) < 4.78 is 5.61. The number of halogens is 1. The summed E-state index contributed by atoms with van der Waals surface area (Å²) in [6.45, 7) is 11.2. The van der Waals surface area contributed by atoms with Crippen molar-refractivity contribution < 1.29 is 9.53 Å². The average molecular weight is 312 g/mol. The maximum atomic E-state index is 12.1. The van der Waals surface area contributed by atoms with Crippen LogP contribution in [0.1, 0.15) is 34.6 Å². The van der Waals surface area contributed by atoms with Gasteiger partial charge in [-0.15, -0.1) is 0 Å². The van der Waals surface area contributed by atoms with Crippen LogP contribution in [0.3, 0.4) is 0 Å². The molecule has 3 nitrogen and oxygen atoms in total. The zero-order valence-electron chi connectivity index (χ0n) is 13.5. The van der Waals surface area contributed by atoms with Gasteiger partial charge in [-0.05, 0) is 48.9 Å². The summed E-state index contributed by atoms with van der Waals surface area (Å²) in [4.78, 5) is 12.1. The third kappa shape index (κ3) is 5.96. The van der Waals surface area contributed by atoms with Crippen LogP contribution in [0.5, 0.6) is 5.75 Å². The Morgan fingerprint density at radius 3 is 2.10 bits per heavy atom. The molecule has 0 radical (unpaired) electrons. The third-order valence-electron chi connectivity index (χ3n) is 3.72. The summed E-state index contributed by atoms with van der Waals surface area (Å²) >= 11 is 5.82. The summed E-state index contributed by atoms with van der Waals surface area (Å²) in [6, 6.07) is 7.01. The Bertz CT molecular complexity index is 435. The molecule has 118 valence electrons. The third-order valence-corrected chi connectivity index (χ3v) is 3.97. The standard InChI is InChI=1S/C17H26ClNO2/c1-11(2)16(12(3)4)10-19-17(20)13(5)21-15-8-6-14(18)7-9-15/h6-9,11-13,16H,10H2,1-5H3,(H,19,20). The smallest absolute Gasteiger partial charge is 0.260 e. The van der Waals surface area contributed by atoms with E-state index in [0.717, 1.165) is 0 Å². The monoisotopic (exact) mass is 311 g/mol. The Hall–Kier alpha value is -1.22. The fourth-order valence-electron chi connectivity index (χ4n) is 2.37. The number of hydrogen-bond acceptors (Lipinski definition) is 2. The van der Waals surface area contributed by atoms with Gasteiger partial charge in [0.05, 0.1) is 0 Å². The molecule has 1 rings (SSSR count). The predicted molar refractivity (Wildman–Crippen MR) is 87.7 cm³/mol. The number of ether oxygens (including phenoxy) is 1. The van der Waals surface area contributed by atoms with Gasteiger partial charge in [-0.1, -0.05) is 39.3 Å². The first-order valence-corrected chi connectivity index (χ1v) is 7.89. The molecular weight excluding hydrogens is 286 g/mol. The molecule has 1 aromatic rings. The highest BCUT2D eigenvalue weighted by atomic mass is 35.5. The van der Waals surface area contributed by atoms with Gasteiger partial charge >= 0.3 is 0 Å². The van der Waals surface area contributed by atoms with Crippen LogP contribution in [0.4, 0.5) is 0 Å². The number of nitrogens with one attached hydrogen (secondary N) is 1. The molecule has 4 heteroatoms. The molecule has 21 heavy (non-hydrogen) atoms. The van der Waals surface area contributed by atoms with Crippen LogP contribution in [-0.2, 0) is 4.79 Å². The first-order valence-electron chi connectivity index (χ1n) is 7.51. The molecule has 0 heterocycles. The first kappa shape index (κ1) is 17.8. The molecule has 0 aromatic heterocycles.